The zero-order valence-corrected chi connectivity index (χ0v) is 12.1. The number of amides is 1. The van der Waals surface area contributed by atoms with Crippen molar-refractivity contribution in [2.75, 3.05) is 0 Å². The zero-order chi connectivity index (χ0) is 15.4. The fraction of sp³-hybridized carbons (Fsp3) is 0.357. The lowest BCUT2D eigenvalue weighted by atomic mass is 10.1. The van der Waals surface area contributed by atoms with Gasteiger partial charge in [0.2, 0.25) is 5.82 Å². The Morgan fingerprint density at radius 1 is 1.33 bits per heavy atom. The molecule has 7 nitrogen and oxygen atoms in total. The first kappa shape index (κ1) is 14.8. The highest BCUT2D eigenvalue weighted by Crippen LogP contribution is 2.20. The Bertz CT molecular complexity index is 675. The third-order valence-electron chi connectivity index (χ3n) is 2.79. The smallest absolute Gasteiger partial charge is 0.341 e. The molecule has 2 rings (SSSR count). The number of carbonyl (C=O) groups is 1. The number of hydrogen-bond donors (Lipinski definition) is 3. The summed E-state index contributed by atoms with van der Waals surface area (Å²) in [6.07, 6.45) is 0.0827. The van der Waals surface area contributed by atoms with Gasteiger partial charge in [0, 0.05) is 0 Å². The van der Waals surface area contributed by atoms with Crippen molar-refractivity contribution < 1.29 is 9.53 Å². The van der Waals surface area contributed by atoms with Gasteiger partial charge in [0.25, 0.3) is 5.91 Å². The summed E-state index contributed by atoms with van der Waals surface area (Å²) >= 11 is 0. The third kappa shape index (κ3) is 3.95. The van der Waals surface area contributed by atoms with Crippen LogP contribution in [-0.4, -0.2) is 27.2 Å². The SMILES string of the molecule is CC(C)Oc1cccc(C(C)NC(=O)c2n[nH]c(=O)[nH]2)c1. The summed E-state index contributed by atoms with van der Waals surface area (Å²) in [6.45, 7) is 5.74. The number of carbonyl (C=O) groups excluding carboxylic acids is 1. The second-order valence-corrected chi connectivity index (χ2v) is 4.96. The first-order valence-electron chi connectivity index (χ1n) is 6.68. The molecule has 0 saturated carbocycles. The van der Waals surface area contributed by atoms with Crippen LogP contribution in [0.15, 0.2) is 29.1 Å². The largest absolute Gasteiger partial charge is 0.491 e. The molecule has 1 atom stereocenters. The van der Waals surface area contributed by atoms with Gasteiger partial charge >= 0.3 is 5.69 Å². The van der Waals surface area contributed by atoms with Crippen molar-refractivity contribution in [1.29, 1.82) is 0 Å². The monoisotopic (exact) mass is 290 g/mol. The van der Waals surface area contributed by atoms with Crippen LogP contribution in [0.25, 0.3) is 0 Å². The van der Waals surface area contributed by atoms with Crippen molar-refractivity contribution in [3.05, 3.63) is 46.1 Å². The average molecular weight is 290 g/mol. The Balaban J connectivity index is 2.07. The molecule has 0 fully saturated rings. The van der Waals surface area contributed by atoms with Crippen LogP contribution >= 0.6 is 0 Å². The molecule has 1 aromatic carbocycles. The van der Waals surface area contributed by atoms with E-state index < -0.39 is 11.6 Å². The highest BCUT2D eigenvalue weighted by Gasteiger charge is 2.15. The van der Waals surface area contributed by atoms with E-state index in [9.17, 15) is 9.59 Å². The lowest BCUT2D eigenvalue weighted by Crippen LogP contribution is -2.28. The molecule has 1 heterocycles. The maximum Gasteiger partial charge on any atom is 0.341 e. The molecule has 1 unspecified atom stereocenters. The zero-order valence-electron chi connectivity index (χ0n) is 12.1. The van der Waals surface area contributed by atoms with E-state index in [-0.39, 0.29) is 18.0 Å². The Labute approximate surface area is 121 Å². The van der Waals surface area contributed by atoms with Crippen molar-refractivity contribution in [2.24, 2.45) is 0 Å². The van der Waals surface area contributed by atoms with Gasteiger partial charge in [0.05, 0.1) is 12.1 Å². The summed E-state index contributed by atoms with van der Waals surface area (Å²) in [7, 11) is 0. The van der Waals surface area contributed by atoms with Gasteiger partial charge in [-0.1, -0.05) is 12.1 Å². The summed E-state index contributed by atoms with van der Waals surface area (Å²) in [5.41, 5.74) is 0.388. The Morgan fingerprint density at radius 3 is 2.71 bits per heavy atom. The van der Waals surface area contributed by atoms with Crippen molar-refractivity contribution in [3.63, 3.8) is 0 Å². The van der Waals surface area contributed by atoms with Crippen molar-refractivity contribution in [1.82, 2.24) is 20.5 Å². The van der Waals surface area contributed by atoms with E-state index in [1.807, 2.05) is 45.0 Å². The standard InChI is InChI=1S/C14H18N4O3/c1-8(2)21-11-6-4-5-10(7-11)9(3)15-13(19)12-16-14(20)18-17-12/h4-9H,1-3H3,(H,15,19)(H2,16,17,18,20). The minimum Gasteiger partial charge on any atom is -0.491 e. The number of ether oxygens (including phenoxy) is 1. The molecular weight excluding hydrogens is 272 g/mol. The number of nitrogens with zero attached hydrogens (tertiary/aromatic N) is 1. The fourth-order valence-electron chi connectivity index (χ4n) is 1.86. The van der Waals surface area contributed by atoms with Gasteiger partial charge in [-0.2, -0.15) is 0 Å². The molecule has 21 heavy (non-hydrogen) atoms. The minimum atomic E-state index is -0.514. The summed E-state index contributed by atoms with van der Waals surface area (Å²) in [6, 6.07) is 7.26. The van der Waals surface area contributed by atoms with E-state index in [2.05, 4.69) is 20.5 Å². The molecule has 0 spiro atoms. The molecule has 112 valence electrons. The van der Waals surface area contributed by atoms with E-state index >= 15 is 0 Å². The maximum atomic E-state index is 11.9. The third-order valence-corrected chi connectivity index (χ3v) is 2.79. The number of hydrogen-bond acceptors (Lipinski definition) is 4. The van der Waals surface area contributed by atoms with Crippen LogP contribution in [0.1, 0.15) is 43.0 Å². The van der Waals surface area contributed by atoms with Crippen LogP contribution in [0, 0.1) is 0 Å². The quantitative estimate of drug-likeness (QED) is 0.774. The fourth-order valence-corrected chi connectivity index (χ4v) is 1.86. The number of nitrogens with one attached hydrogen (secondary N) is 3. The Kier molecular flexibility index (Phi) is 4.42. The highest BCUT2D eigenvalue weighted by molar-refractivity contribution is 5.90. The van der Waals surface area contributed by atoms with Crippen LogP contribution in [-0.2, 0) is 0 Å². The highest BCUT2D eigenvalue weighted by atomic mass is 16.5. The van der Waals surface area contributed by atoms with E-state index in [0.717, 1.165) is 11.3 Å². The number of benzene rings is 1. The second kappa shape index (κ2) is 6.25. The van der Waals surface area contributed by atoms with Gasteiger partial charge in [0.15, 0.2) is 0 Å². The molecule has 0 aliphatic carbocycles. The summed E-state index contributed by atoms with van der Waals surface area (Å²) in [5, 5.41) is 8.50. The molecule has 2 aromatic rings. The van der Waals surface area contributed by atoms with Gasteiger partial charge in [-0.25, -0.2) is 9.89 Å². The second-order valence-electron chi connectivity index (χ2n) is 4.96. The van der Waals surface area contributed by atoms with Crippen LogP contribution < -0.4 is 15.7 Å². The van der Waals surface area contributed by atoms with E-state index in [4.69, 9.17) is 4.74 Å². The summed E-state index contributed by atoms with van der Waals surface area (Å²) in [4.78, 5) is 25.1. The van der Waals surface area contributed by atoms with Gasteiger partial charge in [-0.05, 0) is 38.5 Å². The molecule has 0 aliphatic rings. The molecule has 0 radical (unpaired) electrons. The van der Waals surface area contributed by atoms with Crippen molar-refractivity contribution in [2.45, 2.75) is 32.9 Å². The lowest BCUT2D eigenvalue weighted by molar-refractivity contribution is 0.0929. The van der Waals surface area contributed by atoms with E-state index in [1.165, 1.54) is 0 Å². The first-order chi connectivity index (χ1) is 9.95. The topological polar surface area (TPSA) is 99.9 Å². The Hall–Kier alpha value is -2.57. The molecule has 0 aliphatic heterocycles. The molecule has 0 bridgehead atoms. The predicted octanol–water partition coefficient (Wildman–Crippen LogP) is 1.38. The average Bonchev–Trinajstić information content (AvgIpc) is 2.85. The Morgan fingerprint density at radius 2 is 2.10 bits per heavy atom. The normalized spacial score (nSPS) is 12.2. The number of H-pyrrole nitrogens is 2. The molecule has 1 aromatic heterocycles. The van der Waals surface area contributed by atoms with Crippen LogP contribution in [0.2, 0.25) is 0 Å². The van der Waals surface area contributed by atoms with Crippen LogP contribution in [0.3, 0.4) is 0 Å². The van der Waals surface area contributed by atoms with Gasteiger partial charge < -0.3 is 10.1 Å². The predicted molar refractivity (Wildman–Crippen MR) is 77.3 cm³/mol. The summed E-state index contributed by atoms with van der Waals surface area (Å²) in [5.74, 6) is 0.259. The van der Waals surface area contributed by atoms with Crippen LogP contribution in [0.5, 0.6) is 5.75 Å². The molecule has 3 N–H and O–H groups in total. The van der Waals surface area contributed by atoms with E-state index in [1.54, 1.807) is 0 Å². The van der Waals surface area contributed by atoms with Gasteiger partial charge in [-0.3, -0.25) is 9.78 Å². The van der Waals surface area contributed by atoms with Gasteiger partial charge in [0.1, 0.15) is 5.75 Å². The minimum absolute atomic E-state index is 0.0403. The number of aromatic nitrogens is 3. The molecule has 7 heteroatoms. The number of rotatable bonds is 5. The summed E-state index contributed by atoms with van der Waals surface area (Å²) < 4.78 is 5.62. The molecule has 0 saturated heterocycles. The molecule has 1 amide bonds. The maximum absolute atomic E-state index is 11.9. The van der Waals surface area contributed by atoms with Crippen LogP contribution in [0.4, 0.5) is 0 Å². The van der Waals surface area contributed by atoms with E-state index in [0.29, 0.717) is 0 Å². The van der Waals surface area contributed by atoms with Crippen molar-refractivity contribution >= 4 is 5.91 Å². The lowest BCUT2D eigenvalue weighted by Gasteiger charge is -2.15. The number of aromatic amines is 2. The van der Waals surface area contributed by atoms with Gasteiger partial charge in [-0.15, -0.1) is 5.10 Å². The van der Waals surface area contributed by atoms with Crippen molar-refractivity contribution in [3.8, 4) is 5.75 Å². The molecular formula is C14H18N4O3. The first-order valence-corrected chi connectivity index (χ1v) is 6.68.